The number of nitrogens with zero attached hydrogens (tertiary/aromatic N) is 1. The Bertz CT molecular complexity index is 1140. The molecule has 2 aromatic carbocycles. The van der Waals surface area contributed by atoms with Gasteiger partial charge in [0.15, 0.2) is 5.78 Å². The quantitative estimate of drug-likeness (QED) is 0.423. The van der Waals surface area contributed by atoms with E-state index < -0.39 is 0 Å². The Labute approximate surface area is 202 Å². The number of ether oxygens (including phenoxy) is 1. The first-order valence-electron chi connectivity index (χ1n) is 12.0. The SMILES string of the molecule is CC1(C)CC(CC(=O)c2ccc(COc3cccc(-c4cccnc4N)c3)cc2)CC(C)(C)N1. The predicted octanol–water partition coefficient (Wildman–Crippen LogP) is 6.04. The summed E-state index contributed by atoms with van der Waals surface area (Å²) in [6.07, 6.45) is 4.30. The van der Waals surface area contributed by atoms with E-state index >= 15 is 0 Å². The lowest BCUT2D eigenvalue weighted by atomic mass is 9.74. The molecule has 0 bridgehead atoms. The summed E-state index contributed by atoms with van der Waals surface area (Å²) in [5, 5.41) is 3.69. The van der Waals surface area contributed by atoms with E-state index in [0.29, 0.717) is 24.8 Å². The van der Waals surface area contributed by atoms with Gasteiger partial charge in [0, 0.05) is 34.8 Å². The number of nitrogens with one attached hydrogen (secondary N) is 1. The largest absolute Gasteiger partial charge is 0.489 e. The van der Waals surface area contributed by atoms with Crippen molar-refractivity contribution < 1.29 is 9.53 Å². The van der Waals surface area contributed by atoms with Crippen LogP contribution in [0.4, 0.5) is 5.82 Å². The molecule has 1 saturated heterocycles. The van der Waals surface area contributed by atoms with Gasteiger partial charge in [-0.1, -0.05) is 36.4 Å². The van der Waals surface area contributed by atoms with E-state index in [9.17, 15) is 4.79 Å². The maximum absolute atomic E-state index is 13.0. The van der Waals surface area contributed by atoms with Gasteiger partial charge in [-0.25, -0.2) is 4.98 Å². The van der Waals surface area contributed by atoms with Crippen molar-refractivity contribution in [2.45, 2.75) is 64.6 Å². The van der Waals surface area contributed by atoms with Crippen molar-refractivity contribution in [2.75, 3.05) is 5.73 Å². The van der Waals surface area contributed by atoms with Gasteiger partial charge in [-0.15, -0.1) is 0 Å². The fraction of sp³-hybridized carbons (Fsp3) is 0.379. The number of ketones is 1. The van der Waals surface area contributed by atoms with Gasteiger partial charge in [0.2, 0.25) is 0 Å². The van der Waals surface area contributed by atoms with Crippen LogP contribution in [0.1, 0.15) is 62.9 Å². The lowest BCUT2D eigenvalue weighted by Crippen LogP contribution is -2.57. The normalized spacial score (nSPS) is 17.3. The zero-order chi connectivity index (χ0) is 24.3. The molecule has 178 valence electrons. The number of Topliss-reactive ketones (excluding diaryl/α,β-unsaturated/α-hetero) is 1. The number of aromatic nitrogens is 1. The Morgan fingerprint density at radius 2 is 1.74 bits per heavy atom. The molecule has 0 unspecified atom stereocenters. The minimum absolute atomic E-state index is 0.0495. The van der Waals surface area contributed by atoms with Crippen molar-refractivity contribution in [3.63, 3.8) is 0 Å². The maximum atomic E-state index is 13.0. The first-order valence-corrected chi connectivity index (χ1v) is 12.0. The molecule has 4 rings (SSSR count). The average Bonchev–Trinajstić information content (AvgIpc) is 2.76. The summed E-state index contributed by atoms with van der Waals surface area (Å²) < 4.78 is 6.01. The summed E-state index contributed by atoms with van der Waals surface area (Å²) in [5.74, 6) is 1.86. The number of anilines is 1. The van der Waals surface area contributed by atoms with Crippen LogP contribution < -0.4 is 15.8 Å². The Morgan fingerprint density at radius 1 is 1.03 bits per heavy atom. The van der Waals surface area contributed by atoms with E-state index in [2.05, 4.69) is 38.0 Å². The van der Waals surface area contributed by atoms with Crippen molar-refractivity contribution >= 4 is 11.6 Å². The third kappa shape index (κ3) is 6.03. The molecule has 5 nitrogen and oxygen atoms in total. The van der Waals surface area contributed by atoms with Crippen LogP contribution in [-0.4, -0.2) is 21.8 Å². The second kappa shape index (κ2) is 9.59. The third-order valence-corrected chi connectivity index (χ3v) is 6.41. The highest BCUT2D eigenvalue weighted by Gasteiger charge is 2.38. The number of pyridine rings is 1. The average molecular weight is 458 g/mol. The van der Waals surface area contributed by atoms with Crippen LogP contribution in [0.5, 0.6) is 5.75 Å². The fourth-order valence-corrected chi connectivity index (χ4v) is 5.43. The number of carbonyl (C=O) groups excluding carboxylic acids is 1. The lowest BCUT2D eigenvalue weighted by Gasteiger charge is -2.46. The smallest absolute Gasteiger partial charge is 0.163 e. The van der Waals surface area contributed by atoms with Gasteiger partial charge in [0.1, 0.15) is 18.2 Å². The third-order valence-electron chi connectivity index (χ3n) is 6.41. The number of carbonyl (C=O) groups is 1. The van der Waals surface area contributed by atoms with Crippen molar-refractivity contribution in [1.29, 1.82) is 0 Å². The Kier molecular flexibility index (Phi) is 6.76. The van der Waals surface area contributed by atoms with Crippen LogP contribution in [0, 0.1) is 5.92 Å². The van der Waals surface area contributed by atoms with E-state index in [4.69, 9.17) is 10.5 Å². The molecule has 1 aliphatic rings. The number of rotatable bonds is 7. The number of hydrogen-bond donors (Lipinski definition) is 2. The summed E-state index contributed by atoms with van der Waals surface area (Å²) in [7, 11) is 0. The highest BCUT2D eigenvalue weighted by atomic mass is 16.5. The molecule has 34 heavy (non-hydrogen) atoms. The molecule has 3 aromatic rings. The molecule has 1 aliphatic heterocycles. The lowest BCUT2D eigenvalue weighted by molar-refractivity contribution is 0.0864. The molecule has 0 atom stereocenters. The Morgan fingerprint density at radius 3 is 2.41 bits per heavy atom. The number of nitrogen functional groups attached to an aromatic ring is 1. The minimum atomic E-state index is 0.0495. The van der Waals surface area contributed by atoms with Crippen LogP contribution in [-0.2, 0) is 6.61 Å². The van der Waals surface area contributed by atoms with E-state index in [1.54, 1.807) is 6.20 Å². The van der Waals surface area contributed by atoms with Gasteiger partial charge in [-0.05, 0) is 81.8 Å². The molecule has 3 N–H and O–H groups in total. The summed E-state index contributed by atoms with van der Waals surface area (Å²) in [6, 6.07) is 19.4. The molecule has 1 fully saturated rings. The molecule has 0 aliphatic carbocycles. The second-order valence-electron chi connectivity index (χ2n) is 10.7. The molecule has 0 saturated carbocycles. The number of nitrogens with two attached hydrogens (primary N) is 1. The second-order valence-corrected chi connectivity index (χ2v) is 10.7. The fourth-order valence-electron chi connectivity index (χ4n) is 5.43. The topological polar surface area (TPSA) is 77.2 Å². The molecule has 2 heterocycles. The van der Waals surface area contributed by atoms with Gasteiger partial charge >= 0.3 is 0 Å². The van der Waals surface area contributed by atoms with Crippen molar-refractivity contribution in [1.82, 2.24) is 10.3 Å². The first-order chi connectivity index (χ1) is 16.1. The number of piperidine rings is 1. The van der Waals surface area contributed by atoms with E-state index in [-0.39, 0.29) is 16.9 Å². The zero-order valence-corrected chi connectivity index (χ0v) is 20.6. The number of benzene rings is 2. The summed E-state index contributed by atoms with van der Waals surface area (Å²) >= 11 is 0. The molecule has 0 amide bonds. The van der Waals surface area contributed by atoms with Gasteiger partial charge in [-0.2, -0.15) is 0 Å². The first kappa shape index (κ1) is 24.0. The van der Waals surface area contributed by atoms with Gasteiger partial charge in [0.25, 0.3) is 0 Å². The van der Waals surface area contributed by atoms with Crippen LogP contribution in [0.25, 0.3) is 11.1 Å². The van der Waals surface area contributed by atoms with E-state index in [1.807, 2.05) is 60.7 Å². The van der Waals surface area contributed by atoms with Gasteiger partial charge in [-0.3, -0.25) is 4.79 Å². The van der Waals surface area contributed by atoms with Crippen molar-refractivity contribution in [2.24, 2.45) is 5.92 Å². The van der Waals surface area contributed by atoms with Crippen LogP contribution >= 0.6 is 0 Å². The molecular weight excluding hydrogens is 422 g/mol. The summed E-state index contributed by atoms with van der Waals surface area (Å²) in [6.45, 7) is 9.32. The highest BCUT2D eigenvalue weighted by molar-refractivity contribution is 5.96. The molecule has 0 radical (unpaired) electrons. The molecule has 5 heteroatoms. The van der Waals surface area contributed by atoms with E-state index in [0.717, 1.165) is 40.8 Å². The van der Waals surface area contributed by atoms with Crippen LogP contribution in [0.15, 0.2) is 66.9 Å². The van der Waals surface area contributed by atoms with Crippen molar-refractivity contribution in [3.05, 3.63) is 78.0 Å². The predicted molar refractivity (Wildman–Crippen MR) is 138 cm³/mol. The zero-order valence-electron chi connectivity index (χ0n) is 20.6. The Hall–Kier alpha value is -3.18. The minimum Gasteiger partial charge on any atom is -0.489 e. The van der Waals surface area contributed by atoms with Gasteiger partial charge in [0.05, 0.1) is 0 Å². The molecule has 0 spiro atoms. The summed E-state index contributed by atoms with van der Waals surface area (Å²) in [4.78, 5) is 17.1. The summed E-state index contributed by atoms with van der Waals surface area (Å²) in [5.41, 5.74) is 9.75. The maximum Gasteiger partial charge on any atom is 0.163 e. The monoisotopic (exact) mass is 457 g/mol. The highest BCUT2D eigenvalue weighted by Crippen LogP contribution is 2.35. The molecule has 1 aromatic heterocycles. The molecular formula is C29H35N3O2. The van der Waals surface area contributed by atoms with Gasteiger partial charge < -0.3 is 15.8 Å². The Balaban J connectivity index is 1.36. The standard InChI is InChI=1S/C29H35N3O2/c1-28(2)17-21(18-29(3,4)32-28)15-26(33)22-12-10-20(11-13-22)19-34-24-8-5-7-23(16-24)25-9-6-14-31-27(25)30/h5-14,16,21,32H,15,17-19H2,1-4H3,(H2,30,31). The number of hydrogen-bond acceptors (Lipinski definition) is 5. The van der Waals surface area contributed by atoms with Crippen LogP contribution in [0.3, 0.4) is 0 Å². The van der Waals surface area contributed by atoms with Crippen molar-refractivity contribution in [3.8, 4) is 16.9 Å². The van der Waals surface area contributed by atoms with E-state index in [1.165, 1.54) is 0 Å². The van der Waals surface area contributed by atoms with Crippen LogP contribution in [0.2, 0.25) is 0 Å².